The molecule has 0 aromatic carbocycles. The van der Waals surface area contributed by atoms with E-state index in [1.54, 1.807) is 6.08 Å². The minimum atomic E-state index is -4.43. The molecule has 0 saturated heterocycles. The van der Waals surface area contributed by atoms with Crippen LogP contribution in [0.25, 0.3) is 0 Å². The Morgan fingerprint density at radius 2 is 1.17 bits per heavy atom. The van der Waals surface area contributed by atoms with Crippen LogP contribution < -0.4 is 5.73 Å². The predicted octanol–water partition coefficient (Wildman–Crippen LogP) is 11.1. The summed E-state index contributed by atoms with van der Waals surface area (Å²) in [6.07, 6.45) is 52.7. The van der Waals surface area contributed by atoms with E-state index >= 15 is 0 Å². The number of aliphatic hydroxyl groups excluding tert-OH is 1. The monoisotopic (exact) mass is 828 g/mol. The highest BCUT2D eigenvalue weighted by atomic mass is 31.2. The van der Waals surface area contributed by atoms with Crippen molar-refractivity contribution < 1.29 is 42.7 Å². The second kappa shape index (κ2) is 41.5. The van der Waals surface area contributed by atoms with Gasteiger partial charge in [0.05, 0.1) is 19.3 Å². The van der Waals surface area contributed by atoms with E-state index in [9.17, 15) is 24.2 Å². The maximum absolute atomic E-state index is 12.6. The average Bonchev–Trinajstić information content (AvgIpc) is 3.21. The molecule has 0 aromatic heterocycles. The lowest BCUT2D eigenvalue weighted by Crippen LogP contribution is -2.29. The molecule has 0 spiro atoms. The molecule has 4 N–H and O–H groups in total. The van der Waals surface area contributed by atoms with Crippen LogP contribution in [0.3, 0.4) is 0 Å². The molecule has 0 amide bonds. The van der Waals surface area contributed by atoms with Crippen molar-refractivity contribution in [2.45, 2.75) is 135 Å². The molecule has 0 bridgehead atoms. The van der Waals surface area contributed by atoms with Gasteiger partial charge in [0, 0.05) is 19.4 Å². The molecule has 3 atom stereocenters. The Hall–Kier alpha value is -3.63. The van der Waals surface area contributed by atoms with E-state index in [1.807, 2.05) is 48.6 Å². The maximum atomic E-state index is 12.6. The Morgan fingerprint density at radius 1 is 0.621 bits per heavy atom. The number of rotatable bonds is 37. The third-order valence-corrected chi connectivity index (χ3v) is 8.91. The van der Waals surface area contributed by atoms with Crippen LogP contribution in [-0.4, -0.2) is 60.5 Å². The molecule has 0 rings (SSSR count). The van der Waals surface area contributed by atoms with E-state index in [-0.39, 0.29) is 32.6 Å². The third-order valence-electron chi connectivity index (χ3n) is 7.93. The maximum Gasteiger partial charge on any atom is 0.472 e. The van der Waals surface area contributed by atoms with Gasteiger partial charge in [-0.15, -0.1) is 0 Å². The van der Waals surface area contributed by atoms with Gasteiger partial charge in [-0.05, 0) is 83.5 Å². The first kappa shape index (κ1) is 54.4. The van der Waals surface area contributed by atoms with Crippen LogP contribution in [0.4, 0.5) is 0 Å². The lowest BCUT2D eigenvalue weighted by atomic mass is 10.2. The number of hydrogen-bond donors (Lipinski definition) is 3. The fourth-order valence-electron chi connectivity index (χ4n) is 4.79. The van der Waals surface area contributed by atoms with Crippen molar-refractivity contribution >= 4 is 19.8 Å². The normalized spacial score (nSPS) is 15.1. The Bertz CT molecular complexity index is 1370. The highest BCUT2D eigenvalue weighted by molar-refractivity contribution is 7.47. The molecule has 0 aliphatic heterocycles. The molecule has 0 fully saturated rings. The van der Waals surface area contributed by atoms with Crippen LogP contribution in [0, 0.1) is 0 Å². The molecular weight excluding hydrogens is 753 g/mol. The second-order valence-electron chi connectivity index (χ2n) is 13.3. The van der Waals surface area contributed by atoms with Crippen LogP contribution in [0.15, 0.2) is 122 Å². The molecule has 0 aliphatic carbocycles. The largest absolute Gasteiger partial charge is 0.472 e. The number of esters is 2. The number of allylic oxidation sites excluding steroid dienone is 18. The summed E-state index contributed by atoms with van der Waals surface area (Å²) in [6, 6.07) is 0. The highest BCUT2D eigenvalue weighted by Gasteiger charge is 2.25. The summed E-state index contributed by atoms with van der Waals surface area (Å²) in [7, 11) is -4.43. The predicted molar refractivity (Wildman–Crippen MR) is 239 cm³/mol. The summed E-state index contributed by atoms with van der Waals surface area (Å²) in [5.74, 6) is -1.05. The van der Waals surface area contributed by atoms with Crippen molar-refractivity contribution in [3.63, 3.8) is 0 Å². The SMILES string of the molecule is CC/C=C\C/C=C\C/C=C\C/C=C\C/C=C\C/C=C\CCC(=O)OC[C@H](COP(=O)(O)OCCN)OC(=O)CCC/C=C/C/C=C\C[C@@H](O)/C=C\C=C/CCCCC. The summed E-state index contributed by atoms with van der Waals surface area (Å²) in [5, 5.41) is 10.1. The molecule has 0 heterocycles. The molecule has 11 heteroatoms. The van der Waals surface area contributed by atoms with Gasteiger partial charge in [0.25, 0.3) is 0 Å². The van der Waals surface area contributed by atoms with Gasteiger partial charge >= 0.3 is 19.8 Å². The van der Waals surface area contributed by atoms with Crippen molar-refractivity contribution in [3.05, 3.63) is 122 Å². The summed E-state index contributed by atoms with van der Waals surface area (Å²) in [5.41, 5.74) is 5.33. The first-order valence-corrected chi connectivity index (χ1v) is 22.6. The van der Waals surface area contributed by atoms with Gasteiger partial charge in [-0.3, -0.25) is 18.6 Å². The van der Waals surface area contributed by atoms with Crippen LogP contribution >= 0.6 is 7.82 Å². The molecule has 1 unspecified atom stereocenters. The zero-order chi connectivity index (χ0) is 42.6. The fourth-order valence-corrected chi connectivity index (χ4v) is 5.55. The first-order valence-electron chi connectivity index (χ1n) is 21.1. The Morgan fingerprint density at radius 3 is 1.76 bits per heavy atom. The van der Waals surface area contributed by atoms with E-state index in [1.165, 1.54) is 19.3 Å². The van der Waals surface area contributed by atoms with Gasteiger partial charge in [-0.1, -0.05) is 148 Å². The van der Waals surface area contributed by atoms with Crippen molar-refractivity contribution in [2.75, 3.05) is 26.4 Å². The van der Waals surface area contributed by atoms with Gasteiger partial charge in [0.15, 0.2) is 6.10 Å². The zero-order valence-electron chi connectivity index (χ0n) is 35.3. The van der Waals surface area contributed by atoms with Gasteiger partial charge in [-0.25, -0.2) is 4.57 Å². The van der Waals surface area contributed by atoms with Gasteiger partial charge in [0.1, 0.15) is 6.61 Å². The Labute approximate surface area is 350 Å². The van der Waals surface area contributed by atoms with E-state index in [0.717, 1.165) is 44.9 Å². The summed E-state index contributed by atoms with van der Waals surface area (Å²) in [4.78, 5) is 34.8. The van der Waals surface area contributed by atoms with E-state index in [2.05, 4.69) is 80.7 Å². The fraction of sp³-hybridized carbons (Fsp3) is 0.532. The Kier molecular flexibility index (Phi) is 38.9. The van der Waals surface area contributed by atoms with E-state index < -0.39 is 38.6 Å². The third kappa shape index (κ3) is 40.6. The number of aliphatic hydroxyl groups is 1. The summed E-state index contributed by atoms with van der Waals surface area (Å²) in [6.45, 7) is 3.30. The van der Waals surface area contributed by atoms with Crippen LogP contribution in [0.2, 0.25) is 0 Å². The zero-order valence-corrected chi connectivity index (χ0v) is 36.2. The molecular formula is C47H74NO9P. The number of phosphoric acid groups is 1. The molecule has 58 heavy (non-hydrogen) atoms. The topological polar surface area (TPSA) is 155 Å². The lowest BCUT2D eigenvalue weighted by Gasteiger charge is -2.19. The second-order valence-corrected chi connectivity index (χ2v) is 14.8. The van der Waals surface area contributed by atoms with Crippen molar-refractivity contribution in [1.82, 2.24) is 0 Å². The molecule has 326 valence electrons. The smallest absolute Gasteiger partial charge is 0.462 e. The molecule has 0 aromatic rings. The van der Waals surface area contributed by atoms with E-state index in [0.29, 0.717) is 32.1 Å². The molecule has 0 aliphatic rings. The minimum Gasteiger partial charge on any atom is -0.462 e. The lowest BCUT2D eigenvalue weighted by molar-refractivity contribution is -0.161. The molecule has 0 radical (unpaired) electrons. The highest BCUT2D eigenvalue weighted by Crippen LogP contribution is 2.43. The number of unbranched alkanes of at least 4 members (excludes halogenated alkanes) is 4. The number of ether oxygens (including phenoxy) is 2. The van der Waals surface area contributed by atoms with Crippen molar-refractivity contribution in [1.29, 1.82) is 0 Å². The van der Waals surface area contributed by atoms with Crippen molar-refractivity contribution in [2.24, 2.45) is 5.73 Å². The van der Waals surface area contributed by atoms with Crippen LogP contribution in [-0.2, 0) is 32.7 Å². The average molecular weight is 828 g/mol. The van der Waals surface area contributed by atoms with Gasteiger partial charge in [0.2, 0.25) is 0 Å². The van der Waals surface area contributed by atoms with Crippen LogP contribution in [0.5, 0.6) is 0 Å². The summed E-state index contributed by atoms with van der Waals surface area (Å²) >= 11 is 0. The summed E-state index contributed by atoms with van der Waals surface area (Å²) < 4.78 is 32.6. The van der Waals surface area contributed by atoms with Gasteiger partial charge in [-0.2, -0.15) is 0 Å². The first-order chi connectivity index (χ1) is 28.2. The molecule has 0 saturated carbocycles. The number of carbonyl (C=O) groups is 2. The van der Waals surface area contributed by atoms with E-state index in [4.69, 9.17) is 24.3 Å². The minimum absolute atomic E-state index is 0.0174. The Balaban J connectivity index is 4.48. The quantitative estimate of drug-likeness (QED) is 0.0181. The number of hydrogen-bond acceptors (Lipinski definition) is 9. The molecule has 10 nitrogen and oxygen atoms in total. The number of phosphoric ester groups is 1. The number of carbonyl (C=O) groups excluding carboxylic acids is 2. The number of nitrogens with two attached hydrogens (primary N) is 1. The van der Waals surface area contributed by atoms with Gasteiger partial charge < -0.3 is 25.2 Å². The van der Waals surface area contributed by atoms with Crippen molar-refractivity contribution in [3.8, 4) is 0 Å². The van der Waals surface area contributed by atoms with Crippen LogP contribution in [0.1, 0.15) is 123 Å². The standard InChI is InChI=1S/C47H74NO9P/c1-3-5-7-9-11-12-13-14-15-16-17-18-19-20-21-22-26-30-34-38-46(50)54-42-45(43-56-58(52,53)55-41-40-48)57-47(51)39-35-31-27-23-25-29-33-37-44(49)36-32-28-24-10-8-6-4-2/h5,7,11-12,14-15,17-18,20-21,23-24,26-30,32-33,36,44-45,49H,3-4,6,8-10,13,16,19,22,25,31,34-35,37-43,48H2,1-2H3,(H,52,53)/b7-5-,12-11-,15-14-,18-17-,21-20-,27-23+,28-24-,30-26-,33-29-,36-32-/t44-,45+/m0/s1.